The number of guanidine groups is 1. The van der Waals surface area contributed by atoms with Crippen molar-refractivity contribution in [1.29, 1.82) is 0 Å². The summed E-state index contributed by atoms with van der Waals surface area (Å²) in [5.41, 5.74) is -0.363. The summed E-state index contributed by atoms with van der Waals surface area (Å²) < 4.78 is 31.5. The molecule has 2 rings (SSSR count). The predicted molar refractivity (Wildman–Crippen MR) is 117 cm³/mol. The van der Waals surface area contributed by atoms with E-state index in [2.05, 4.69) is 27.3 Å². The number of rotatable bonds is 7. The summed E-state index contributed by atoms with van der Waals surface area (Å²) in [6, 6.07) is 0.365. The molecule has 2 unspecified atom stereocenters. The van der Waals surface area contributed by atoms with Gasteiger partial charge in [0.15, 0.2) is 5.96 Å². The van der Waals surface area contributed by atoms with Crippen LogP contribution in [0.15, 0.2) is 4.99 Å². The van der Waals surface area contributed by atoms with E-state index in [9.17, 15) is 8.42 Å². The minimum atomic E-state index is -3.25. The summed E-state index contributed by atoms with van der Waals surface area (Å²) in [5.74, 6) is 0.717. The Morgan fingerprint density at radius 2 is 1.92 bits per heavy atom. The zero-order valence-electron chi connectivity index (χ0n) is 16.6. The Morgan fingerprint density at radius 3 is 2.42 bits per heavy atom. The maximum atomic E-state index is 11.5. The summed E-state index contributed by atoms with van der Waals surface area (Å²) >= 11 is 0. The van der Waals surface area contributed by atoms with Crippen molar-refractivity contribution in [2.45, 2.75) is 70.6 Å². The van der Waals surface area contributed by atoms with E-state index in [0.717, 1.165) is 19.0 Å². The van der Waals surface area contributed by atoms with Gasteiger partial charge in [0.2, 0.25) is 10.0 Å². The highest BCUT2D eigenvalue weighted by Crippen LogP contribution is 2.54. The van der Waals surface area contributed by atoms with Gasteiger partial charge in [-0.1, -0.05) is 12.8 Å². The number of hydrogen-bond acceptors (Lipinski definition) is 4. The monoisotopic (exact) mass is 502 g/mol. The largest absolute Gasteiger partial charge is 0.378 e. The molecule has 1 spiro atoms. The number of nitrogens with zero attached hydrogens (tertiary/aromatic N) is 1. The molecule has 2 saturated carbocycles. The lowest BCUT2D eigenvalue weighted by molar-refractivity contribution is -0.125. The van der Waals surface area contributed by atoms with Crippen molar-refractivity contribution < 1.29 is 13.2 Å². The molecule has 0 aromatic heterocycles. The van der Waals surface area contributed by atoms with Crippen LogP contribution in [0.3, 0.4) is 0 Å². The van der Waals surface area contributed by atoms with Crippen LogP contribution >= 0.6 is 24.0 Å². The highest BCUT2D eigenvalue weighted by Gasteiger charge is 2.56. The first-order chi connectivity index (χ1) is 11.6. The van der Waals surface area contributed by atoms with Gasteiger partial charge < -0.3 is 15.4 Å². The van der Waals surface area contributed by atoms with E-state index >= 15 is 0 Å². The Kier molecular flexibility index (Phi) is 8.62. The van der Waals surface area contributed by atoms with Crippen molar-refractivity contribution in [3.63, 3.8) is 0 Å². The minimum Gasteiger partial charge on any atom is -0.378 e. The fourth-order valence-corrected chi connectivity index (χ4v) is 5.37. The van der Waals surface area contributed by atoms with Gasteiger partial charge in [-0.25, -0.2) is 13.1 Å². The molecule has 0 aliphatic heterocycles. The van der Waals surface area contributed by atoms with Gasteiger partial charge in [0.05, 0.1) is 12.4 Å². The van der Waals surface area contributed by atoms with Crippen LogP contribution < -0.4 is 15.4 Å². The van der Waals surface area contributed by atoms with Crippen molar-refractivity contribution >= 4 is 40.0 Å². The molecule has 0 heterocycles. The predicted octanol–water partition coefficient (Wildman–Crippen LogP) is 1.83. The second kappa shape index (κ2) is 9.38. The zero-order chi connectivity index (χ0) is 18.7. The Morgan fingerprint density at radius 1 is 1.31 bits per heavy atom. The van der Waals surface area contributed by atoms with Crippen LogP contribution in [0.25, 0.3) is 0 Å². The summed E-state index contributed by atoms with van der Waals surface area (Å²) in [7, 11) is -1.51. The number of sulfonamides is 1. The van der Waals surface area contributed by atoms with Crippen molar-refractivity contribution in [3.8, 4) is 0 Å². The molecule has 0 aromatic rings. The van der Waals surface area contributed by atoms with Gasteiger partial charge in [-0.3, -0.25) is 4.99 Å². The van der Waals surface area contributed by atoms with Crippen LogP contribution in [-0.2, 0) is 14.8 Å². The van der Waals surface area contributed by atoms with Crippen LogP contribution in [-0.4, -0.2) is 58.5 Å². The Labute approximate surface area is 175 Å². The zero-order valence-corrected chi connectivity index (χ0v) is 19.7. The number of ether oxygens (including phenoxy) is 1. The maximum absolute atomic E-state index is 11.5. The van der Waals surface area contributed by atoms with Gasteiger partial charge in [0, 0.05) is 37.2 Å². The lowest BCUT2D eigenvalue weighted by atomic mass is 9.60. The van der Waals surface area contributed by atoms with Crippen LogP contribution in [0.1, 0.15) is 52.9 Å². The minimum absolute atomic E-state index is 0. The first-order valence-electron chi connectivity index (χ1n) is 9.19. The van der Waals surface area contributed by atoms with Gasteiger partial charge in [-0.15, -0.1) is 24.0 Å². The Bertz CT molecular complexity index is 589. The molecule has 0 radical (unpaired) electrons. The second-order valence-corrected chi connectivity index (χ2v) is 9.75. The van der Waals surface area contributed by atoms with E-state index in [1.165, 1.54) is 31.9 Å². The maximum Gasteiger partial charge on any atom is 0.209 e. The summed E-state index contributed by atoms with van der Waals surface area (Å²) in [6.45, 7) is 6.97. The first-order valence-corrected chi connectivity index (χ1v) is 11.1. The molecule has 0 bridgehead atoms. The molecule has 9 heteroatoms. The molecule has 0 aromatic carbocycles. The van der Waals surface area contributed by atoms with Crippen molar-refractivity contribution in [1.82, 2.24) is 15.4 Å². The average molecular weight is 502 g/mol. The first kappa shape index (κ1) is 23.9. The molecular formula is C17H35IN4O3S. The van der Waals surface area contributed by atoms with Crippen molar-refractivity contribution in [2.24, 2.45) is 10.4 Å². The fourth-order valence-electron chi connectivity index (χ4n) is 4.29. The van der Waals surface area contributed by atoms with E-state index in [0.29, 0.717) is 18.7 Å². The number of nitrogens with one attached hydrogen (secondary N) is 3. The van der Waals surface area contributed by atoms with Gasteiger partial charge in [0.1, 0.15) is 0 Å². The van der Waals surface area contributed by atoms with Crippen LogP contribution in [0.2, 0.25) is 0 Å². The van der Waals surface area contributed by atoms with Gasteiger partial charge in [-0.2, -0.15) is 0 Å². The van der Waals surface area contributed by atoms with Gasteiger partial charge in [-0.05, 0) is 40.0 Å². The third-order valence-corrected chi connectivity index (χ3v) is 6.30. The standard InChI is InChI=1S/C17H34N4O3S.HI/c1-6-24-14-11-13(17(14)9-7-8-10-17)20-15(18-4)19-12-16(2,3)21-25(5,22)23;/h13-14,21H,6-12H2,1-5H3,(H2,18,19,20);1H. The van der Waals surface area contributed by atoms with E-state index in [1.807, 2.05) is 13.8 Å². The number of aliphatic imine (C=N–C) groups is 1. The molecule has 3 N–H and O–H groups in total. The quantitative estimate of drug-likeness (QED) is 0.281. The normalized spacial score (nSPS) is 25.5. The molecule has 2 aliphatic carbocycles. The van der Waals surface area contributed by atoms with E-state index in [-0.39, 0.29) is 29.4 Å². The van der Waals surface area contributed by atoms with Gasteiger partial charge in [0.25, 0.3) is 0 Å². The SMILES string of the molecule is CCOC1CC(NC(=NC)NCC(C)(C)NS(C)(=O)=O)C12CCCC2.I. The summed E-state index contributed by atoms with van der Waals surface area (Å²) in [6.07, 6.45) is 7.45. The number of halogens is 1. The molecule has 7 nitrogen and oxygen atoms in total. The van der Waals surface area contributed by atoms with E-state index < -0.39 is 15.6 Å². The van der Waals surface area contributed by atoms with Crippen LogP contribution in [0, 0.1) is 5.41 Å². The molecule has 0 amide bonds. The van der Waals surface area contributed by atoms with Crippen molar-refractivity contribution in [3.05, 3.63) is 0 Å². The molecule has 2 atom stereocenters. The summed E-state index contributed by atoms with van der Waals surface area (Å²) in [4.78, 5) is 4.31. The third kappa shape index (κ3) is 5.93. The molecule has 26 heavy (non-hydrogen) atoms. The van der Waals surface area contributed by atoms with E-state index in [4.69, 9.17) is 4.74 Å². The average Bonchev–Trinajstić information content (AvgIpc) is 2.99. The van der Waals surface area contributed by atoms with Crippen LogP contribution in [0.4, 0.5) is 0 Å². The number of hydrogen-bond donors (Lipinski definition) is 3. The second-order valence-electron chi connectivity index (χ2n) is 8.00. The lowest BCUT2D eigenvalue weighted by Crippen LogP contribution is -2.65. The fraction of sp³-hybridized carbons (Fsp3) is 0.941. The Balaban J connectivity index is 0.00000338. The Hall–Kier alpha value is -0.130. The van der Waals surface area contributed by atoms with Crippen molar-refractivity contribution in [2.75, 3.05) is 26.5 Å². The smallest absolute Gasteiger partial charge is 0.209 e. The topological polar surface area (TPSA) is 91.8 Å². The molecule has 154 valence electrons. The van der Waals surface area contributed by atoms with Gasteiger partial charge >= 0.3 is 0 Å². The third-order valence-electron chi connectivity index (χ3n) is 5.38. The highest BCUT2D eigenvalue weighted by molar-refractivity contribution is 14.0. The molecular weight excluding hydrogens is 467 g/mol. The lowest BCUT2D eigenvalue weighted by Gasteiger charge is -2.54. The summed E-state index contributed by atoms with van der Waals surface area (Å²) in [5, 5.41) is 6.80. The highest BCUT2D eigenvalue weighted by atomic mass is 127. The van der Waals surface area contributed by atoms with E-state index in [1.54, 1.807) is 7.05 Å². The molecule has 2 aliphatic rings. The molecule has 2 fully saturated rings. The van der Waals surface area contributed by atoms with Crippen LogP contribution in [0.5, 0.6) is 0 Å². The molecule has 0 saturated heterocycles.